The third-order valence-electron chi connectivity index (χ3n) is 9.06. The second kappa shape index (κ2) is 9.19. The van der Waals surface area contributed by atoms with Crippen molar-refractivity contribution in [2.75, 3.05) is 0 Å². The number of imidazole rings is 1. The van der Waals surface area contributed by atoms with Crippen molar-refractivity contribution in [1.29, 1.82) is 0 Å². The molecule has 1 aromatic heterocycles. The average Bonchev–Trinajstić information content (AvgIpc) is 3.56. The first-order valence-corrected chi connectivity index (χ1v) is 15.0. The van der Waals surface area contributed by atoms with Crippen LogP contribution in [0.15, 0.2) is 133 Å². The highest BCUT2D eigenvalue weighted by Gasteiger charge is 2.37. The second-order valence-corrected chi connectivity index (χ2v) is 12.1. The molecule has 0 saturated carbocycles. The van der Waals surface area contributed by atoms with E-state index in [0.29, 0.717) is 5.75 Å². The number of aromatic nitrogens is 2. The van der Waals surface area contributed by atoms with Crippen LogP contribution in [0.4, 0.5) is 0 Å². The lowest BCUT2D eigenvalue weighted by Gasteiger charge is -2.25. The number of nitrogens with zero attached hydrogens (tertiary/aromatic N) is 2. The Kier molecular flexibility index (Phi) is 5.21. The van der Waals surface area contributed by atoms with E-state index >= 15 is 0 Å². The Morgan fingerprint density at radius 3 is 2.14 bits per heavy atom. The first-order valence-electron chi connectivity index (χ1n) is 15.0. The van der Waals surface area contributed by atoms with E-state index in [2.05, 4.69) is 134 Å². The minimum absolute atomic E-state index is 0.0968. The number of hydrogen-bond donors (Lipinski definition) is 0. The molecule has 1 aliphatic heterocycles. The fraction of sp³-hybridized carbons (Fsp3) is 0.0750. The SMILES string of the molecule is CC1(C)c2ccccc2-c2cc3c(cc21)Oc1ccc(-c2cccc(-n4c(-c5ccccc5)nc5ccccc54)c2)cc1O3. The molecule has 0 radical (unpaired) electrons. The first kappa shape index (κ1) is 24.9. The largest absolute Gasteiger partial charge is 0.450 e. The monoisotopic (exact) mass is 568 g/mol. The van der Waals surface area contributed by atoms with E-state index in [-0.39, 0.29) is 5.41 Å². The molecule has 1 aliphatic carbocycles. The number of fused-ring (bicyclic) bond motifs is 6. The highest BCUT2D eigenvalue weighted by molar-refractivity contribution is 5.85. The summed E-state index contributed by atoms with van der Waals surface area (Å²) in [4.78, 5) is 5.01. The normalized spacial score (nSPS) is 13.8. The molecule has 0 bridgehead atoms. The second-order valence-electron chi connectivity index (χ2n) is 12.1. The molecule has 4 nitrogen and oxygen atoms in total. The van der Waals surface area contributed by atoms with E-state index in [1.54, 1.807) is 0 Å². The third-order valence-corrected chi connectivity index (χ3v) is 9.06. The highest BCUT2D eigenvalue weighted by atomic mass is 16.6. The van der Waals surface area contributed by atoms with Crippen molar-refractivity contribution >= 4 is 11.0 Å². The summed E-state index contributed by atoms with van der Waals surface area (Å²) < 4.78 is 15.2. The van der Waals surface area contributed by atoms with Gasteiger partial charge in [-0.3, -0.25) is 4.57 Å². The minimum atomic E-state index is -0.0968. The molecule has 0 fully saturated rings. The Labute approximate surface area is 255 Å². The molecule has 2 heterocycles. The van der Waals surface area contributed by atoms with Crippen molar-refractivity contribution < 1.29 is 9.47 Å². The molecule has 2 aliphatic rings. The maximum absolute atomic E-state index is 6.54. The Morgan fingerprint density at radius 1 is 0.523 bits per heavy atom. The maximum Gasteiger partial charge on any atom is 0.170 e. The maximum atomic E-state index is 6.54. The number of benzene rings is 6. The van der Waals surface area contributed by atoms with Crippen molar-refractivity contribution in [3.8, 4) is 62.3 Å². The van der Waals surface area contributed by atoms with Gasteiger partial charge in [0.05, 0.1) is 11.0 Å². The van der Waals surface area contributed by atoms with Gasteiger partial charge in [-0.2, -0.15) is 0 Å². The number of para-hydroxylation sites is 2. The fourth-order valence-electron chi connectivity index (χ4n) is 6.85. The van der Waals surface area contributed by atoms with E-state index in [4.69, 9.17) is 14.5 Å². The van der Waals surface area contributed by atoms with Crippen LogP contribution in [0, 0.1) is 0 Å². The molecule has 0 atom stereocenters. The molecule has 0 spiro atoms. The molecule has 0 N–H and O–H groups in total. The Bertz CT molecular complexity index is 2260. The summed E-state index contributed by atoms with van der Waals surface area (Å²) >= 11 is 0. The Balaban J connectivity index is 1.11. The van der Waals surface area contributed by atoms with Gasteiger partial charge in [0.2, 0.25) is 0 Å². The van der Waals surface area contributed by atoms with Crippen LogP contribution in [-0.2, 0) is 5.41 Å². The van der Waals surface area contributed by atoms with Crippen LogP contribution in [0.3, 0.4) is 0 Å². The number of rotatable bonds is 3. The van der Waals surface area contributed by atoms with Gasteiger partial charge >= 0.3 is 0 Å². The highest BCUT2D eigenvalue weighted by Crippen LogP contribution is 2.55. The van der Waals surface area contributed by atoms with E-state index in [0.717, 1.165) is 56.5 Å². The van der Waals surface area contributed by atoms with Crippen LogP contribution in [0.5, 0.6) is 23.0 Å². The molecule has 0 unspecified atom stereocenters. The van der Waals surface area contributed by atoms with Crippen molar-refractivity contribution in [1.82, 2.24) is 9.55 Å². The van der Waals surface area contributed by atoms with Gasteiger partial charge < -0.3 is 9.47 Å². The van der Waals surface area contributed by atoms with E-state index in [1.165, 1.54) is 22.3 Å². The van der Waals surface area contributed by atoms with Crippen LogP contribution in [0.2, 0.25) is 0 Å². The van der Waals surface area contributed by atoms with Gasteiger partial charge in [-0.05, 0) is 81.9 Å². The summed E-state index contributed by atoms with van der Waals surface area (Å²) in [6.45, 7) is 4.55. The molecule has 44 heavy (non-hydrogen) atoms. The van der Waals surface area contributed by atoms with Crippen LogP contribution < -0.4 is 9.47 Å². The lowest BCUT2D eigenvalue weighted by atomic mass is 9.82. The summed E-state index contributed by atoms with van der Waals surface area (Å²) in [6.07, 6.45) is 0. The quantitative estimate of drug-likeness (QED) is 0.213. The Hall–Kier alpha value is -5.61. The van der Waals surface area contributed by atoms with Crippen molar-refractivity contribution in [3.05, 3.63) is 145 Å². The van der Waals surface area contributed by atoms with Crippen molar-refractivity contribution in [2.24, 2.45) is 0 Å². The molecule has 0 amide bonds. The number of ether oxygens (including phenoxy) is 2. The predicted octanol–water partition coefficient (Wildman–Crippen LogP) is 10.6. The van der Waals surface area contributed by atoms with E-state index in [1.807, 2.05) is 18.2 Å². The smallest absolute Gasteiger partial charge is 0.170 e. The lowest BCUT2D eigenvalue weighted by Crippen LogP contribution is -2.15. The van der Waals surface area contributed by atoms with Crippen molar-refractivity contribution in [3.63, 3.8) is 0 Å². The van der Waals surface area contributed by atoms with Gasteiger partial charge in [0.1, 0.15) is 5.82 Å². The summed E-state index contributed by atoms with van der Waals surface area (Å²) in [5, 5.41) is 0. The standard InChI is InChI=1S/C40H28N2O2/c1-40(2)31-16-7-6-15-29(31)30-23-37-38(24-32(30)40)43-35-20-19-27(22-36(35)44-37)26-13-10-14-28(21-26)42-34-18-9-8-17-33(34)41-39(42)25-11-4-3-5-12-25/h3-24H,1-2H3. The molecule has 210 valence electrons. The van der Waals surface area contributed by atoms with Crippen molar-refractivity contribution in [2.45, 2.75) is 19.3 Å². The molecule has 0 saturated heterocycles. The van der Waals surface area contributed by atoms with Crippen LogP contribution in [0.1, 0.15) is 25.0 Å². The minimum Gasteiger partial charge on any atom is -0.450 e. The fourth-order valence-corrected chi connectivity index (χ4v) is 6.85. The molecular weight excluding hydrogens is 540 g/mol. The van der Waals surface area contributed by atoms with Crippen LogP contribution >= 0.6 is 0 Å². The molecule has 9 rings (SSSR count). The Morgan fingerprint density at radius 2 is 1.23 bits per heavy atom. The average molecular weight is 569 g/mol. The van der Waals surface area contributed by atoms with E-state index in [9.17, 15) is 0 Å². The van der Waals surface area contributed by atoms with Gasteiger partial charge in [-0.15, -0.1) is 0 Å². The molecule has 7 aromatic rings. The van der Waals surface area contributed by atoms with E-state index < -0.39 is 0 Å². The molecule has 4 heteroatoms. The van der Waals surface area contributed by atoms with Crippen LogP contribution in [-0.4, -0.2) is 9.55 Å². The summed E-state index contributed by atoms with van der Waals surface area (Å²) in [5.41, 5.74) is 11.3. The van der Waals surface area contributed by atoms with Gasteiger partial charge in [0, 0.05) is 16.7 Å². The zero-order valence-electron chi connectivity index (χ0n) is 24.4. The topological polar surface area (TPSA) is 36.3 Å². The lowest BCUT2D eigenvalue weighted by molar-refractivity contribution is 0.359. The summed E-state index contributed by atoms with van der Waals surface area (Å²) in [7, 11) is 0. The third kappa shape index (κ3) is 3.67. The zero-order chi connectivity index (χ0) is 29.4. The predicted molar refractivity (Wildman–Crippen MR) is 176 cm³/mol. The van der Waals surface area contributed by atoms with Gasteiger partial charge in [0.15, 0.2) is 23.0 Å². The van der Waals surface area contributed by atoms with Crippen LogP contribution in [0.25, 0.3) is 50.4 Å². The van der Waals surface area contributed by atoms with Gasteiger partial charge in [-0.1, -0.05) is 98.8 Å². The van der Waals surface area contributed by atoms with Gasteiger partial charge in [0.25, 0.3) is 0 Å². The molecular formula is C40H28N2O2. The zero-order valence-corrected chi connectivity index (χ0v) is 24.4. The summed E-state index contributed by atoms with van der Waals surface area (Å²) in [6, 6.07) is 46.3. The first-order chi connectivity index (χ1) is 21.5. The summed E-state index contributed by atoms with van der Waals surface area (Å²) in [5.74, 6) is 3.85. The molecule has 6 aromatic carbocycles. The number of hydrogen-bond acceptors (Lipinski definition) is 3. The van der Waals surface area contributed by atoms with Gasteiger partial charge in [-0.25, -0.2) is 4.98 Å².